The fraction of sp³-hybridized carbons (Fsp3) is 0.333. The Balaban J connectivity index is 0.00000220. The van der Waals surface area contributed by atoms with Crippen LogP contribution in [0, 0.1) is 0 Å². The fourth-order valence-corrected chi connectivity index (χ4v) is 3.24. The number of pyridine rings is 1. The molecule has 0 bridgehead atoms. The van der Waals surface area contributed by atoms with Gasteiger partial charge in [-0.2, -0.15) is 0 Å². The van der Waals surface area contributed by atoms with E-state index in [2.05, 4.69) is 24.1 Å². The first-order chi connectivity index (χ1) is 9.63. The second kappa shape index (κ2) is 8.00. The Hall–Kier alpha value is -1.59. The van der Waals surface area contributed by atoms with Crippen molar-refractivity contribution in [3.8, 4) is 0 Å². The molecule has 0 aliphatic carbocycles. The molecule has 1 amide bonds. The summed E-state index contributed by atoms with van der Waals surface area (Å²) >= 11 is 1.58. The number of hydrogen-bond donors (Lipinski definition) is 2. The summed E-state index contributed by atoms with van der Waals surface area (Å²) in [5, 5.41) is 2.85. The fourth-order valence-electron chi connectivity index (χ4n) is 1.99. The van der Waals surface area contributed by atoms with Crippen LogP contribution in [0.4, 0.5) is 11.5 Å². The van der Waals surface area contributed by atoms with Crippen molar-refractivity contribution in [2.45, 2.75) is 33.1 Å². The topological polar surface area (TPSA) is 68.0 Å². The van der Waals surface area contributed by atoms with Crippen LogP contribution in [0.5, 0.6) is 0 Å². The summed E-state index contributed by atoms with van der Waals surface area (Å²) in [6.45, 7) is 4.27. The zero-order valence-corrected chi connectivity index (χ0v) is 13.8. The Morgan fingerprint density at radius 2 is 2.14 bits per heavy atom. The molecule has 0 aliphatic rings. The molecule has 114 valence electrons. The number of nitrogen functional groups attached to an aromatic ring is 1. The number of halogens is 1. The van der Waals surface area contributed by atoms with E-state index in [4.69, 9.17) is 5.73 Å². The number of nitrogens with two attached hydrogens (primary N) is 1. The summed E-state index contributed by atoms with van der Waals surface area (Å²) in [4.78, 5) is 18.3. The first-order valence-electron chi connectivity index (χ1n) is 6.78. The molecule has 2 aromatic heterocycles. The molecule has 0 aliphatic heterocycles. The van der Waals surface area contributed by atoms with Gasteiger partial charge in [-0.25, -0.2) is 4.98 Å². The highest BCUT2D eigenvalue weighted by Crippen LogP contribution is 2.25. The highest BCUT2D eigenvalue weighted by Gasteiger charge is 2.13. The SMILES string of the molecule is CCCc1sc(C(=O)Nc2ccc(N)nc2)cc1CC.Cl. The second-order valence-corrected chi connectivity index (χ2v) is 5.73. The molecule has 0 saturated carbocycles. The lowest BCUT2D eigenvalue weighted by molar-refractivity contribution is 0.103. The van der Waals surface area contributed by atoms with Gasteiger partial charge in [0.15, 0.2) is 0 Å². The van der Waals surface area contributed by atoms with Crippen molar-refractivity contribution in [1.82, 2.24) is 4.98 Å². The monoisotopic (exact) mass is 325 g/mol. The van der Waals surface area contributed by atoms with E-state index in [1.54, 1.807) is 29.7 Å². The van der Waals surface area contributed by atoms with E-state index in [1.807, 2.05) is 6.07 Å². The number of rotatable bonds is 5. The van der Waals surface area contributed by atoms with Gasteiger partial charge in [-0.05, 0) is 36.6 Å². The van der Waals surface area contributed by atoms with E-state index in [0.717, 1.165) is 24.1 Å². The first kappa shape index (κ1) is 17.5. The molecule has 0 unspecified atom stereocenters. The largest absolute Gasteiger partial charge is 0.384 e. The summed E-state index contributed by atoms with van der Waals surface area (Å²) in [5.74, 6) is 0.358. The maximum absolute atomic E-state index is 12.2. The molecule has 0 spiro atoms. The minimum Gasteiger partial charge on any atom is -0.384 e. The van der Waals surface area contributed by atoms with Gasteiger partial charge in [-0.3, -0.25) is 4.79 Å². The van der Waals surface area contributed by atoms with Crippen molar-refractivity contribution in [1.29, 1.82) is 0 Å². The van der Waals surface area contributed by atoms with Crippen molar-refractivity contribution in [3.63, 3.8) is 0 Å². The minimum atomic E-state index is -0.0846. The van der Waals surface area contributed by atoms with E-state index in [-0.39, 0.29) is 18.3 Å². The maximum atomic E-state index is 12.2. The van der Waals surface area contributed by atoms with Gasteiger partial charge in [0.05, 0.1) is 16.8 Å². The molecule has 4 nitrogen and oxygen atoms in total. The third-order valence-electron chi connectivity index (χ3n) is 3.02. The van der Waals surface area contributed by atoms with Crippen molar-refractivity contribution in [2.75, 3.05) is 11.1 Å². The van der Waals surface area contributed by atoms with Crippen LogP contribution >= 0.6 is 23.7 Å². The molecule has 2 aromatic rings. The molecule has 0 atom stereocenters. The molecule has 6 heteroatoms. The Morgan fingerprint density at radius 3 is 2.71 bits per heavy atom. The highest BCUT2D eigenvalue weighted by atomic mass is 35.5. The van der Waals surface area contributed by atoms with Crippen LogP contribution in [0.2, 0.25) is 0 Å². The van der Waals surface area contributed by atoms with Gasteiger partial charge < -0.3 is 11.1 Å². The average Bonchev–Trinajstić information content (AvgIpc) is 2.85. The number of amides is 1. The van der Waals surface area contributed by atoms with Gasteiger partial charge in [0.25, 0.3) is 5.91 Å². The lowest BCUT2D eigenvalue weighted by atomic mass is 10.1. The van der Waals surface area contributed by atoms with Gasteiger partial charge in [-0.15, -0.1) is 23.7 Å². The number of thiophene rings is 1. The lowest BCUT2D eigenvalue weighted by Crippen LogP contribution is -2.10. The van der Waals surface area contributed by atoms with Crippen molar-refractivity contribution in [2.24, 2.45) is 0 Å². The van der Waals surface area contributed by atoms with Crippen LogP contribution in [0.1, 0.15) is 40.4 Å². The predicted molar refractivity (Wildman–Crippen MR) is 91.5 cm³/mol. The average molecular weight is 326 g/mol. The van der Waals surface area contributed by atoms with Crippen molar-refractivity contribution < 1.29 is 4.79 Å². The molecular formula is C15H20ClN3OS. The summed E-state index contributed by atoms with van der Waals surface area (Å²) in [6, 6.07) is 5.42. The van der Waals surface area contributed by atoms with E-state index in [9.17, 15) is 4.79 Å². The standard InChI is InChI=1S/C15H19N3OS.ClH/c1-3-5-12-10(4-2)8-13(20-12)15(19)18-11-6-7-14(16)17-9-11;/h6-9H,3-5H2,1-2H3,(H2,16,17)(H,18,19);1H. The molecule has 0 radical (unpaired) electrons. The number of hydrogen-bond acceptors (Lipinski definition) is 4. The minimum absolute atomic E-state index is 0. The maximum Gasteiger partial charge on any atom is 0.265 e. The molecular weight excluding hydrogens is 306 g/mol. The lowest BCUT2D eigenvalue weighted by Gasteiger charge is -2.02. The van der Waals surface area contributed by atoms with Gasteiger partial charge in [-0.1, -0.05) is 20.3 Å². The van der Waals surface area contributed by atoms with E-state index in [1.165, 1.54) is 10.4 Å². The Labute approximate surface area is 135 Å². The van der Waals surface area contributed by atoms with E-state index >= 15 is 0 Å². The smallest absolute Gasteiger partial charge is 0.265 e. The first-order valence-corrected chi connectivity index (χ1v) is 7.60. The number of carbonyl (C=O) groups is 1. The van der Waals surface area contributed by atoms with Crippen LogP contribution in [-0.4, -0.2) is 10.9 Å². The number of aromatic nitrogens is 1. The third kappa shape index (κ3) is 4.44. The molecule has 2 rings (SSSR count). The Bertz CT molecular complexity index is 595. The molecule has 3 N–H and O–H groups in total. The number of anilines is 2. The van der Waals surface area contributed by atoms with E-state index < -0.39 is 0 Å². The predicted octanol–water partition coefficient (Wildman–Crippen LogP) is 3.91. The molecule has 0 fully saturated rings. The van der Waals surface area contributed by atoms with Gasteiger partial charge in [0.2, 0.25) is 0 Å². The summed E-state index contributed by atoms with van der Waals surface area (Å²) in [7, 11) is 0. The number of aryl methyl sites for hydroxylation is 2. The van der Waals surface area contributed by atoms with Crippen LogP contribution < -0.4 is 11.1 Å². The Kier molecular flexibility index (Phi) is 6.65. The van der Waals surface area contributed by atoms with Crippen LogP contribution in [-0.2, 0) is 12.8 Å². The zero-order chi connectivity index (χ0) is 14.5. The van der Waals surface area contributed by atoms with Crippen LogP contribution in [0.25, 0.3) is 0 Å². The van der Waals surface area contributed by atoms with Crippen molar-refractivity contribution >= 4 is 41.2 Å². The molecule has 0 saturated heterocycles. The van der Waals surface area contributed by atoms with Crippen LogP contribution in [0.15, 0.2) is 24.4 Å². The normalized spacial score (nSPS) is 10.0. The summed E-state index contributed by atoms with van der Waals surface area (Å²) < 4.78 is 0. The van der Waals surface area contributed by atoms with Gasteiger partial charge in [0, 0.05) is 4.88 Å². The zero-order valence-electron chi connectivity index (χ0n) is 12.2. The van der Waals surface area contributed by atoms with E-state index in [0.29, 0.717) is 11.5 Å². The number of carbonyl (C=O) groups excluding carboxylic acids is 1. The number of nitrogens with zero attached hydrogens (tertiary/aromatic N) is 1. The summed E-state index contributed by atoms with van der Waals surface area (Å²) in [5.41, 5.74) is 7.46. The second-order valence-electron chi connectivity index (χ2n) is 4.59. The third-order valence-corrected chi connectivity index (χ3v) is 4.26. The Morgan fingerprint density at radius 1 is 1.38 bits per heavy atom. The number of nitrogens with one attached hydrogen (secondary N) is 1. The van der Waals surface area contributed by atoms with Gasteiger partial charge in [0.1, 0.15) is 5.82 Å². The van der Waals surface area contributed by atoms with Crippen molar-refractivity contribution in [3.05, 3.63) is 39.7 Å². The van der Waals surface area contributed by atoms with Gasteiger partial charge >= 0.3 is 0 Å². The quantitative estimate of drug-likeness (QED) is 0.875. The molecule has 0 aromatic carbocycles. The summed E-state index contributed by atoms with van der Waals surface area (Å²) in [6.07, 6.45) is 4.65. The molecule has 21 heavy (non-hydrogen) atoms. The highest BCUT2D eigenvalue weighted by molar-refractivity contribution is 7.14. The molecule has 2 heterocycles. The van der Waals surface area contributed by atoms with Crippen LogP contribution in [0.3, 0.4) is 0 Å².